The molecule has 0 aliphatic heterocycles. The van der Waals surface area contributed by atoms with Gasteiger partial charge in [-0.1, -0.05) is 18.2 Å². The summed E-state index contributed by atoms with van der Waals surface area (Å²) in [5.41, 5.74) is 2.49. The molecule has 114 valence electrons. The van der Waals surface area contributed by atoms with E-state index in [0.29, 0.717) is 11.1 Å². The highest BCUT2D eigenvalue weighted by atomic mass is 19.1. The molecule has 0 fully saturated rings. The smallest absolute Gasteiger partial charge is 0.253 e. The van der Waals surface area contributed by atoms with Crippen LogP contribution in [0.25, 0.3) is 11.3 Å². The number of amides is 1. The fourth-order valence-corrected chi connectivity index (χ4v) is 2.13. The Bertz CT molecular complexity index is 804. The van der Waals surface area contributed by atoms with Crippen LogP contribution < -0.4 is 5.32 Å². The van der Waals surface area contributed by atoms with Crippen molar-refractivity contribution in [2.45, 2.75) is 6.54 Å². The Morgan fingerprint density at radius 2 is 1.91 bits per heavy atom. The van der Waals surface area contributed by atoms with Gasteiger partial charge in [0.15, 0.2) is 0 Å². The van der Waals surface area contributed by atoms with Crippen molar-refractivity contribution < 1.29 is 9.18 Å². The van der Waals surface area contributed by atoms with Crippen molar-refractivity contribution in [3.63, 3.8) is 0 Å². The molecule has 0 unspecified atom stereocenters. The zero-order valence-corrected chi connectivity index (χ0v) is 12.2. The highest BCUT2D eigenvalue weighted by Crippen LogP contribution is 2.15. The van der Waals surface area contributed by atoms with E-state index in [-0.39, 0.29) is 18.3 Å². The van der Waals surface area contributed by atoms with Crippen molar-refractivity contribution in [1.82, 2.24) is 15.3 Å². The predicted octanol–water partition coefficient (Wildman–Crippen LogP) is 3.21. The van der Waals surface area contributed by atoms with E-state index in [4.69, 9.17) is 0 Å². The van der Waals surface area contributed by atoms with Gasteiger partial charge in [0.05, 0.1) is 11.3 Å². The average Bonchev–Trinajstić information content (AvgIpc) is 2.62. The summed E-state index contributed by atoms with van der Waals surface area (Å²) < 4.78 is 13.5. The summed E-state index contributed by atoms with van der Waals surface area (Å²) in [7, 11) is 0. The number of halogens is 1. The molecule has 0 atom stereocenters. The molecule has 0 bridgehead atoms. The lowest BCUT2D eigenvalue weighted by Gasteiger charge is -2.07. The van der Waals surface area contributed by atoms with Gasteiger partial charge in [-0.15, -0.1) is 0 Å². The second-order valence-electron chi connectivity index (χ2n) is 4.95. The quantitative estimate of drug-likeness (QED) is 0.805. The largest absolute Gasteiger partial charge is 0.348 e. The standard InChI is InChI=1S/C18H14FN3O/c19-16-6-2-1-4-13(16)11-22-18(23)15-7-8-17(21-12-15)14-5-3-9-20-10-14/h1-10,12H,11H2,(H,22,23). The van der Waals surface area contributed by atoms with Gasteiger partial charge in [-0.3, -0.25) is 14.8 Å². The first-order chi connectivity index (χ1) is 11.2. The minimum absolute atomic E-state index is 0.135. The predicted molar refractivity (Wildman–Crippen MR) is 85.0 cm³/mol. The lowest BCUT2D eigenvalue weighted by molar-refractivity contribution is 0.0950. The number of carbonyl (C=O) groups is 1. The zero-order chi connectivity index (χ0) is 16.1. The first-order valence-electron chi connectivity index (χ1n) is 7.12. The van der Waals surface area contributed by atoms with Gasteiger partial charge >= 0.3 is 0 Å². The van der Waals surface area contributed by atoms with Gasteiger partial charge in [0, 0.05) is 36.3 Å². The number of nitrogens with zero attached hydrogens (tertiary/aromatic N) is 2. The fraction of sp³-hybridized carbons (Fsp3) is 0.0556. The second-order valence-corrected chi connectivity index (χ2v) is 4.95. The van der Waals surface area contributed by atoms with E-state index in [1.54, 1.807) is 42.7 Å². The highest BCUT2D eigenvalue weighted by molar-refractivity contribution is 5.94. The number of carbonyl (C=O) groups excluding carboxylic acids is 1. The van der Waals surface area contributed by atoms with E-state index >= 15 is 0 Å². The van der Waals surface area contributed by atoms with Crippen molar-refractivity contribution in [2.24, 2.45) is 0 Å². The molecule has 0 aliphatic carbocycles. The minimum atomic E-state index is -0.335. The molecular formula is C18H14FN3O. The van der Waals surface area contributed by atoms with Crippen LogP contribution in [0.1, 0.15) is 15.9 Å². The molecule has 3 rings (SSSR count). The SMILES string of the molecule is O=C(NCc1ccccc1F)c1ccc(-c2cccnc2)nc1. The minimum Gasteiger partial charge on any atom is -0.348 e. The van der Waals surface area contributed by atoms with Gasteiger partial charge in [-0.25, -0.2) is 4.39 Å². The monoisotopic (exact) mass is 307 g/mol. The highest BCUT2D eigenvalue weighted by Gasteiger charge is 2.08. The third kappa shape index (κ3) is 3.58. The Hall–Kier alpha value is -3.08. The first-order valence-corrected chi connectivity index (χ1v) is 7.12. The summed E-state index contributed by atoms with van der Waals surface area (Å²) in [6.45, 7) is 0.135. The van der Waals surface area contributed by atoms with Crippen LogP contribution in [0.3, 0.4) is 0 Å². The van der Waals surface area contributed by atoms with E-state index < -0.39 is 0 Å². The lowest BCUT2D eigenvalue weighted by atomic mass is 10.1. The molecule has 5 heteroatoms. The maximum Gasteiger partial charge on any atom is 0.253 e. The van der Waals surface area contributed by atoms with Gasteiger partial charge in [-0.05, 0) is 30.3 Å². The van der Waals surface area contributed by atoms with Crippen molar-refractivity contribution in [1.29, 1.82) is 0 Å². The molecule has 1 aromatic carbocycles. The van der Waals surface area contributed by atoms with E-state index in [9.17, 15) is 9.18 Å². The number of hydrogen-bond acceptors (Lipinski definition) is 3. The van der Waals surface area contributed by atoms with Crippen LogP contribution in [0.15, 0.2) is 67.1 Å². The summed E-state index contributed by atoms with van der Waals surface area (Å²) in [6.07, 6.45) is 4.90. The van der Waals surface area contributed by atoms with Crippen molar-refractivity contribution in [3.8, 4) is 11.3 Å². The Morgan fingerprint density at radius 1 is 1.04 bits per heavy atom. The number of aromatic nitrogens is 2. The number of hydrogen-bond donors (Lipinski definition) is 1. The summed E-state index contributed by atoms with van der Waals surface area (Å²) in [5, 5.41) is 2.68. The molecule has 0 radical (unpaired) electrons. The van der Waals surface area contributed by atoms with Gasteiger partial charge in [0.25, 0.3) is 5.91 Å². The zero-order valence-electron chi connectivity index (χ0n) is 12.2. The van der Waals surface area contributed by atoms with Gasteiger partial charge in [0.2, 0.25) is 0 Å². The second kappa shape index (κ2) is 6.79. The normalized spacial score (nSPS) is 10.3. The Balaban J connectivity index is 1.67. The summed E-state index contributed by atoms with van der Waals surface area (Å²) in [6, 6.07) is 13.5. The molecule has 2 aromatic heterocycles. The maximum atomic E-state index is 13.5. The third-order valence-corrected chi connectivity index (χ3v) is 3.38. The summed E-state index contributed by atoms with van der Waals surface area (Å²) in [4.78, 5) is 20.4. The van der Waals surface area contributed by atoms with E-state index in [2.05, 4.69) is 15.3 Å². The topological polar surface area (TPSA) is 54.9 Å². The summed E-state index contributed by atoms with van der Waals surface area (Å²) >= 11 is 0. The Kier molecular flexibility index (Phi) is 4.38. The molecule has 3 aromatic rings. The van der Waals surface area contributed by atoms with Crippen LogP contribution >= 0.6 is 0 Å². The number of benzene rings is 1. The number of rotatable bonds is 4. The van der Waals surface area contributed by atoms with Crippen LogP contribution in [0.5, 0.6) is 0 Å². The van der Waals surface area contributed by atoms with Crippen LogP contribution in [0.2, 0.25) is 0 Å². The fourth-order valence-electron chi connectivity index (χ4n) is 2.13. The molecule has 2 heterocycles. The number of nitrogens with one attached hydrogen (secondary N) is 1. The van der Waals surface area contributed by atoms with Crippen molar-refractivity contribution in [3.05, 3.63) is 84.1 Å². The van der Waals surface area contributed by atoms with Crippen LogP contribution in [-0.2, 0) is 6.54 Å². The lowest BCUT2D eigenvalue weighted by Crippen LogP contribution is -2.23. The van der Waals surface area contributed by atoms with E-state index in [0.717, 1.165) is 11.3 Å². The van der Waals surface area contributed by atoms with Gasteiger partial charge in [-0.2, -0.15) is 0 Å². The van der Waals surface area contributed by atoms with E-state index in [1.165, 1.54) is 12.3 Å². The number of pyridine rings is 2. The van der Waals surface area contributed by atoms with Crippen molar-refractivity contribution in [2.75, 3.05) is 0 Å². The Labute approximate surface area is 133 Å². The molecule has 1 amide bonds. The maximum absolute atomic E-state index is 13.5. The molecule has 0 saturated heterocycles. The van der Waals surface area contributed by atoms with E-state index in [1.807, 2.05) is 12.1 Å². The molecule has 0 spiro atoms. The summed E-state index contributed by atoms with van der Waals surface area (Å²) in [5.74, 6) is -0.628. The molecule has 1 N–H and O–H groups in total. The Morgan fingerprint density at radius 3 is 2.61 bits per heavy atom. The molecule has 4 nitrogen and oxygen atoms in total. The van der Waals surface area contributed by atoms with Crippen LogP contribution in [-0.4, -0.2) is 15.9 Å². The third-order valence-electron chi connectivity index (χ3n) is 3.38. The van der Waals surface area contributed by atoms with Crippen molar-refractivity contribution >= 4 is 5.91 Å². The van der Waals surface area contributed by atoms with Gasteiger partial charge < -0.3 is 5.32 Å². The molecule has 0 aliphatic rings. The van der Waals surface area contributed by atoms with Gasteiger partial charge in [0.1, 0.15) is 5.82 Å². The molecule has 0 saturated carbocycles. The van der Waals surface area contributed by atoms with Crippen LogP contribution in [0.4, 0.5) is 4.39 Å². The van der Waals surface area contributed by atoms with Crippen LogP contribution in [0, 0.1) is 5.82 Å². The molecular weight excluding hydrogens is 293 g/mol. The molecule has 23 heavy (non-hydrogen) atoms. The average molecular weight is 307 g/mol. The first kappa shape index (κ1) is 14.8.